The third-order valence-electron chi connectivity index (χ3n) is 5.34. The first-order valence-corrected chi connectivity index (χ1v) is 11.3. The summed E-state index contributed by atoms with van der Waals surface area (Å²) in [6, 6.07) is 12.7. The summed E-state index contributed by atoms with van der Waals surface area (Å²) in [6.45, 7) is 0. The van der Waals surface area contributed by atoms with Crippen LogP contribution in [0.2, 0.25) is 5.02 Å². The fraction of sp³-hybridized carbons (Fsp3) is 0.280. The Labute approximate surface area is 216 Å². The summed E-state index contributed by atoms with van der Waals surface area (Å²) in [5.41, 5.74) is -1.85. The predicted octanol–water partition coefficient (Wildman–Crippen LogP) is 7.06. The average Bonchev–Trinajstić information content (AvgIpc) is 2.82. The van der Waals surface area contributed by atoms with E-state index in [1.807, 2.05) is 0 Å². The van der Waals surface area contributed by atoms with Crippen molar-refractivity contribution in [1.29, 1.82) is 0 Å². The van der Waals surface area contributed by atoms with Gasteiger partial charge in [0.25, 0.3) is 0 Å². The van der Waals surface area contributed by atoms with Crippen molar-refractivity contribution in [1.82, 2.24) is 10.3 Å². The van der Waals surface area contributed by atoms with E-state index in [-0.39, 0.29) is 22.7 Å². The Bertz CT molecular complexity index is 1240. The maximum Gasteiger partial charge on any atom is 0.461 e. The number of hydrogen-bond donors (Lipinski definition) is 1. The van der Waals surface area contributed by atoms with Gasteiger partial charge in [-0.15, -0.1) is 0 Å². The molecule has 204 valence electrons. The molecular formula is C25H19ClF8N2O2. The molecule has 1 aromatic heterocycles. The summed E-state index contributed by atoms with van der Waals surface area (Å²) in [7, 11) is 0. The van der Waals surface area contributed by atoms with Crippen LogP contribution in [0, 0.1) is 5.82 Å². The van der Waals surface area contributed by atoms with Crippen LogP contribution in [0.1, 0.15) is 29.7 Å². The molecule has 0 saturated heterocycles. The fourth-order valence-electron chi connectivity index (χ4n) is 3.68. The molecule has 0 fully saturated rings. The molecule has 1 atom stereocenters. The van der Waals surface area contributed by atoms with Crippen LogP contribution in [0.5, 0.6) is 5.75 Å². The molecule has 0 unspecified atom stereocenters. The maximum atomic E-state index is 14.7. The molecule has 38 heavy (non-hydrogen) atoms. The van der Waals surface area contributed by atoms with Gasteiger partial charge in [0.1, 0.15) is 17.1 Å². The van der Waals surface area contributed by atoms with Gasteiger partial charge in [0.15, 0.2) is 0 Å². The summed E-state index contributed by atoms with van der Waals surface area (Å²) < 4.78 is 110. The van der Waals surface area contributed by atoms with Crippen LogP contribution in [0.15, 0.2) is 66.9 Å². The van der Waals surface area contributed by atoms with E-state index in [2.05, 4.69) is 15.0 Å². The van der Waals surface area contributed by atoms with Gasteiger partial charge in [-0.05, 0) is 35.4 Å². The van der Waals surface area contributed by atoms with E-state index in [1.165, 1.54) is 12.1 Å². The Morgan fingerprint density at radius 2 is 1.68 bits per heavy atom. The number of carbonyl (C=O) groups excluding carboxylic acids is 1. The van der Waals surface area contributed by atoms with E-state index in [4.69, 9.17) is 11.6 Å². The first-order chi connectivity index (χ1) is 17.7. The number of rotatable bonds is 10. The summed E-state index contributed by atoms with van der Waals surface area (Å²) in [5.74, 6) is -3.35. The largest absolute Gasteiger partial charge is 0.461 e. The Morgan fingerprint density at radius 1 is 1.00 bits per heavy atom. The molecule has 1 amide bonds. The summed E-state index contributed by atoms with van der Waals surface area (Å²) in [6.07, 6.45) is -15.5. The molecule has 0 aliphatic carbocycles. The third-order valence-corrected chi connectivity index (χ3v) is 5.56. The minimum absolute atomic E-state index is 0.0525. The zero-order chi connectivity index (χ0) is 28.1. The molecule has 0 spiro atoms. The Hall–Kier alpha value is -3.41. The van der Waals surface area contributed by atoms with Crippen LogP contribution in [-0.2, 0) is 16.8 Å². The van der Waals surface area contributed by atoms with Gasteiger partial charge in [-0.3, -0.25) is 9.78 Å². The van der Waals surface area contributed by atoms with Gasteiger partial charge in [0.2, 0.25) is 5.91 Å². The highest BCUT2D eigenvalue weighted by atomic mass is 35.5. The molecule has 0 aliphatic rings. The summed E-state index contributed by atoms with van der Waals surface area (Å²) >= 11 is 5.92. The lowest BCUT2D eigenvalue weighted by molar-refractivity contribution is -0.253. The van der Waals surface area contributed by atoms with Crippen molar-refractivity contribution in [3.8, 4) is 5.75 Å². The van der Waals surface area contributed by atoms with Gasteiger partial charge in [0.05, 0.1) is 17.1 Å². The van der Waals surface area contributed by atoms with Gasteiger partial charge in [0, 0.05) is 25.1 Å². The quantitative estimate of drug-likeness (QED) is 0.267. The lowest BCUT2D eigenvalue weighted by Crippen LogP contribution is -2.49. The molecule has 3 rings (SSSR count). The van der Waals surface area contributed by atoms with Crippen LogP contribution in [0.4, 0.5) is 35.1 Å². The van der Waals surface area contributed by atoms with E-state index < -0.39 is 54.6 Å². The number of nitrogens with zero attached hydrogens (tertiary/aromatic N) is 1. The Morgan fingerprint density at radius 3 is 2.26 bits per heavy atom. The second kappa shape index (κ2) is 11.5. The van der Waals surface area contributed by atoms with E-state index >= 15 is 0 Å². The number of nitrogens with one attached hydrogen (secondary N) is 1. The molecule has 4 nitrogen and oxygen atoms in total. The van der Waals surface area contributed by atoms with E-state index in [9.17, 15) is 39.9 Å². The second-order valence-electron chi connectivity index (χ2n) is 8.23. The minimum Gasteiger partial charge on any atom is -0.428 e. The maximum absolute atomic E-state index is 14.7. The Kier molecular flexibility index (Phi) is 8.86. The first kappa shape index (κ1) is 29.2. The first-order valence-electron chi connectivity index (χ1n) is 10.9. The van der Waals surface area contributed by atoms with Crippen molar-refractivity contribution in [2.24, 2.45) is 0 Å². The van der Waals surface area contributed by atoms with Gasteiger partial charge < -0.3 is 10.1 Å². The average molecular weight is 567 g/mol. The number of aromatic nitrogens is 1. The van der Waals surface area contributed by atoms with Crippen LogP contribution in [0.3, 0.4) is 0 Å². The number of benzene rings is 2. The van der Waals surface area contributed by atoms with Crippen LogP contribution in [0.25, 0.3) is 0 Å². The van der Waals surface area contributed by atoms with Crippen molar-refractivity contribution in [3.63, 3.8) is 0 Å². The zero-order valence-corrected chi connectivity index (χ0v) is 20.0. The molecule has 0 radical (unpaired) electrons. The highest BCUT2D eigenvalue weighted by Gasteiger charge is 2.45. The van der Waals surface area contributed by atoms with Gasteiger partial charge in [-0.1, -0.05) is 41.9 Å². The molecular weight excluding hydrogens is 548 g/mol. The number of halogens is 9. The second-order valence-corrected chi connectivity index (χ2v) is 8.67. The molecule has 2 aromatic carbocycles. The van der Waals surface area contributed by atoms with Gasteiger partial charge >= 0.3 is 18.7 Å². The molecule has 0 aliphatic heterocycles. The van der Waals surface area contributed by atoms with Crippen molar-refractivity contribution in [3.05, 3.63) is 94.5 Å². The highest BCUT2D eigenvalue weighted by Crippen LogP contribution is 2.37. The third kappa shape index (κ3) is 7.56. The Balaban J connectivity index is 2.21. The van der Waals surface area contributed by atoms with E-state index in [0.29, 0.717) is 11.6 Å². The molecule has 13 heteroatoms. The number of amides is 1. The number of pyridine rings is 1. The number of carbonyl (C=O) groups is 1. The minimum atomic E-state index is -4.98. The van der Waals surface area contributed by atoms with Crippen molar-refractivity contribution in [2.45, 2.75) is 43.5 Å². The topological polar surface area (TPSA) is 51.2 Å². The lowest BCUT2D eigenvalue weighted by atomic mass is 9.80. The standard InChI is InChI=1S/C25H19ClF8N2O2/c26-17-6-7-20(35-14-17)23(13-15-4-2-1-3-5-15,36-21(37)8-9-24(30,31)32)16-10-18(27)12-19(11-16)38-25(33,34)22(28)29/h1-7,10-12,14,22H,8-9,13H2,(H,36,37)/t23-/m0/s1. The predicted molar refractivity (Wildman–Crippen MR) is 122 cm³/mol. The normalized spacial score (nSPS) is 13.7. The number of alkyl halides is 7. The van der Waals surface area contributed by atoms with Crippen molar-refractivity contribution in [2.75, 3.05) is 0 Å². The number of ether oxygens (including phenoxy) is 1. The summed E-state index contributed by atoms with van der Waals surface area (Å²) in [4.78, 5) is 16.9. The van der Waals surface area contributed by atoms with Crippen LogP contribution < -0.4 is 10.1 Å². The molecule has 0 bridgehead atoms. The van der Waals surface area contributed by atoms with Crippen LogP contribution >= 0.6 is 11.6 Å². The van der Waals surface area contributed by atoms with Crippen molar-refractivity contribution < 1.29 is 44.7 Å². The molecule has 0 saturated carbocycles. The van der Waals surface area contributed by atoms with Crippen LogP contribution in [-0.4, -0.2) is 29.6 Å². The number of hydrogen-bond acceptors (Lipinski definition) is 3. The monoisotopic (exact) mass is 566 g/mol. The molecule has 1 N–H and O–H groups in total. The van der Waals surface area contributed by atoms with Gasteiger partial charge in [-0.2, -0.15) is 30.7 Å². The summed E-state index contributed by atoms with van der Waals surface area (Å²) in [5, 5.41) is 2.59. The molecule has 1 heterocycles. The van der Waals surface area contributed by atoms with E-state index in [1.54, 1.807) is 30.3 Å². The van der Waals surface area contributed by atoms with Gasteiger partial charge in [-0.25, -0.2) is 4.39 Å². The molecule has 3 aromatic rings. The smallest absolute Gasteiger partial charge is 0.428 e. The highest BCUT2D eigenvalue weighted by molar-refractivity contribution is 6.30. The van der Waals surface area contributed by atoms with Crippen molar-refractivity contribution >= 4 is 17.5 Å². The fourth-order valence-corrected chi connectivity index (χ4v) is 3.79. The lowest BCUT2D eigenvalue weighted by Gasteiger charge is -2.36. The van der Waals surface area contributed by atoms with E-state index in [0.717, 1.165) is 18.3 Å². The SMILES string of the molecule is O=C(CCC(F)(F)F)N[C@@](Cc1ccccc1)(c1cc(F)cc(OC(F)(F)C(F)F)c1)c1ccc(Cl)cn1. The zero-order valence-electron chi connectivity index (χ0n) is 19.2.